The molecule has 1 aliphatic heterocycles. The van der Waals surface area contributed by atoms with Crippen LogP contribution in [0.25, 0.3) is 0 Å². The zero-order valence-electron chi connectivity index (χ0n) is 17.7. The van der Waals surface area contributed by atoms with Gasteiger partial charge in [0.25, 0.3) is 5.91 Å². The monoisotopic (exact) mass is 422 g/mol. The molecule has 1 atom stereocenters. The summed E-state index contributed by atoms with van der Waals surface area (Å²) < 4.78 is 20.0. The number of hydrogen-bond acceptors (Lipinski definition) is 5. The second-order valence-corrected chi connectivity index (χ2v) is 8.00. The summed E-state index contributed by atoms with van der Waals surface area (Å²) in [5.74, 6) is -0.438. The van der Waals surface area contributed by atoms with Gasteiger partial charge >= 0.3 is 6.01 Å². The summed E-state index contributed by atoms with van der Waals surface area (Å²) in [4.78, 5) is 15.0. The van der Waals surface area contributed by atoms with E-state index in [4.69, 9.17) is 4.42 Å². The third kappa shape index (κ3) is 5.29. The van der Waals surface area contributed by atoms with Crippen molar-refractivity contribution in [2.75, 3.05) is 18.0 Å². The Hall–Kier alpha value is -3.22. The predicted molar refractivity (Wildman–Crippen MR) is 116 cm³/mol. The fourth-order valence-corrected chi connectivity index (χ4v) is 3.78. The number of carbonyl (C=O) groups is 1. The fourth-order valence-electron chi connectivity index (χ4n) is 3.78. The van der Waals surface area contributed by atoms with Gasteiger partial charge in [-0.05, 0) is 43.0 Å². The molecule has 1 aliphatic rings. The predicted octanol–water partition coefficient (Wildman–Crippen LogP) is 4.61. The Balaban J connectivity index is 1.57. The summed E-state index contributed by atoms with van der Waals surface area (Å²) in [7, 11) is 0. The number of aromatic nitrogens is 2. The Morgan fingerprint density at radius 2 is 1.84 bits per heavy atom. The third-order valence-electron chi connectivity index (χ3n) is 5.63. The highest BCUT2D eigenvalue weighted by Crippen LogP contribution is 2.24. The molecule has 0 radical (unpaired) electrons. The molecule has 3 aromatic rings. The summed E-state index contributed by atoms with van der Waals surface area (Å²) in [6.45, 7) is 3.44. The maximum absolute atomic E-state index is 14.0. The van der Waals surface area contributed by atoms with Crippen molar-refractivity contribution >= 4 is 11.9 Å². The average molecular weight is 423 g/mol. The highest BCUT2D eigenvalue weighted by molar-refractivity contribution is 5.94. The van der Waals surface area contributed by atoms with Crippen molar-refractivity contribution in [1.29, 1.82) is 0 Å². The number of aryl methyl sites for hydroxylation is 1. The van der Waals surface area contributed by atoms with Crippen LogP contribution in [-0.2, 0) is 6.42 Å². The van der Waals surface area contributed by atoms with Crippen LogP contribution in [0.5, 0.6) is 0 Å². The van der Waals surface area contributed by atoms with E-state index in [-0.39, 0.29) is 11.5 Å². The first-order valence-electron chi connectivity index (χ1n) is 10.8. The summed E-state index contributed by atoms with van der Waals surface area (Å²) in [5.41, 5.74) is 1.78. The normalized spacial score (nSPS) is 15.4. The van der Waals surface area contributed by atoms with Crippen LogP contribution in [0.3, 0.4) is 0 Å². The lowest BCUT2D eigenvalue weighted by Crippen LogP contribution is -2.30. The molecule has 162 valence electrons. The zero-order chi connectivity index (χ0) is 21.6. The van der Waals surface area contributed by atoms with E-state index in [0.717, 1.165) is 31.5 Å². The van der Waals surface area contributed by atoms with Crippen molar-refractivity contribution in [2.24, 2.45) is 0 Å². The average Bonchev–Trinajstić information content (AvgIpc) is 3.11. The van der Waals surface area contributed by atoms with Gasteiger partial charge < -0.3 is 14.6 Å². The minimum Gasteiger partial charge on any atom is -0.406 e. The summed E-state index contributed by atoms with van der Waals surface area (Å²) in [6.07, 6.45) is 5.10. The van der Waals surface area contributed by atoms with Crippen LogP contribution in [0.4, 0.5) is 10.4 Å². The first-order chi connectivity index (χ1) is 15.1. The molecule has 0 bridgehead atoms. The molecular formula is C24H27FN4O2. The molecule has 1 aromatic heterocycles. The molecule has 1 saturated heterocycles. The standard InChI is InChI=1S/C24H27FN4O2/c1-17-11-12-19(16-20(17)25)22(30)26-21(15-18-9-5-4-6-10-18)23-27-28-24(31-23)29-13-7-2-3-8-14-29/h4-6,9-12,16,21H,2-3,7-8,13-15H2,1H3,(H,26,30)/t21-/m0/s1. The van der Waals surface area contributed by atoms with Crippen LogP contribution in [-0.4, -0.2) is 29.2 Å². The van der Waals surface area contributed by atoms with Gasteiger partial charge in [-0.2, -0.15) is 0 Å². The lowest BCUT2D eigenvalue weighted by Gasteiger charge is -2.18. The molecule has 2 aromatic carbocycles. The SMILES string of the molecule is Cc1ccc(C(=O)N[C@@H](Cc2ccccc2)c2nnc(N3CCCCCC3)o2)cc1F. The van der Waals surface area contributed by atoms with E-state index in [2.05, 4.69) is 20.4 Å². The van der Waals surface area contributed by atoms with Crippen LogP contribution in [0.1, 0.15) is 59.1 Å². The molecule has 1 N–H and O–H groups in total. The minimum atomic E-state index is -0.521. The van der Waals surface area contributed by atoms with E-state index < -0.39 is 11.9 Å². The van der Waals surface area contributed by atoms with Crippen molar-refractivity contribution in [3.63, 3.8) is 0 Å². The number of benzene rings is 2. The lowest BCUT2D eigenvalue weighted by molar-refractivity contribution is 0.0929. The Morgan fingerprint density at radius 3 is 2.55 bits per heavy atom. The van der Waals surface area contributed by atoms with E-state index in [9.17, 15) is 9.18 Å². The molecular weight excluding hydrogens is 395 g/mol. The zero-order valence-corrected chi connectivity index (χ0v) is 17.7. The first kappa shape index (κ1) is 21.0. The van der Waals surface area contributed by atoms with Gasteiger partial charge in [0, 0.05) is 25.1 Å². The number of anilines is 1. The van der Waals surface area contributed by atoms with Crippen LogP contribution in [0.15, 0.2) is 52.9 Å². The number of rotatable bonds is 6. The summed E-state index contributed by atoms with van der Waals surface area (Å²) in [6, 6.07) is 14.2. The van der Waals surface area contributed by atoms with Crippen LogP contribution < -0.4 is 10.2 Å². The van der Waals surface area contributed by atoms with Gasteiger partial charge in [0.15, 0.2) is 0 Å². The van der Waals surface area contributed by atoms with Gasteiger partial charge in [0.2, 0.25) is 5.89 Å². The maximum atomic E-state index is 14.0. The van der Waals surface area contributed by atoms with E-state index in [0.29, 0.717) is 23.9 Å². The number of halogens is 1. The number of hydrogen-bond donors (Lipinski definition) is 1. The molecule has 31 heavy (non-hydrogen) atoms. The highest BCUT2D eigenvalue weighted by Gasteiger charge is 2.24. The smallest absolute Gasteiger partial charge is 0.318 e. The van der Waals surface area contributed by atoms with E-state index in [1.165, 1.54) is 18.9 Å². The van der Waals surface area contributed by atoms with Gasteiger partial charge in [0.1, 0.15) is 11.9 Å². The van der Waals surface area contributed by atoms with Crippen LogP contribution in [0.2, 0.25) is 0 Å². The van der Waals surface area contributed by atoms with Gasteiger partial charge in [-0.15, -0.1) is 5.10 Å². The molecule has 0 saturated carbocycles. The van der Waals surface area contributed by atoms with Crippen molar-refractivity contribution in [1.82, 2.24) is 15.5 Å². The summed E-state index contributed by atoms with van der Waals surface area (Å²) in [5, 5.41) is 11.5. The molecule has 1 amide bonds. The Bertz CT molecular complexity index is 1010. The number of nitrogens with zero attached hydrogens (tertiary/aromatic N) is 3. The van der Waals surface area contributed by atoms with Crippen molar-refractivity contribution < 1.29 is 13.6 Å². The molecule has 6 nitrogen and oxygen atoms in total. The second-order valence-electron chi connectivity index (χ2n) is 8.00. The lowest BCUT2D eigenvalue weighted by atomic mass is 10.0. The first-order valence-corrected chi connectivity index (χ1v) is 10.8. The molecule has 2 heterocycles. The van der Waals surface area contributed by atoms with E-state index >= 15 is 0 Å². The fraction of sp³-hybridized carbons (Fsp3) is 0.375. The Morgan fingerprint density at radius 1 is 1.10 bits per heavy atom. The topological polar surface area (TPSA) is 71.3 Å². The molecule has 1 fully saturated rings. The van der Waals surface area contributed by atoms with Gasteiger partial charge in [-0.25, -0.2) is 4.39 Å². The molecule has 0 spiro atoms. The van der Waals surface area contributed by atoms with Gasteiger partial charge in [-0.1, -0.05) is 54.3 Å². The largest absolute Gasteiger partial charge is 0.406 e. The molecule has 4 rings (SSSR count). The van der Waals surface area contributed by atoms with Gasteiger partial charge in [-0.3, -0.25) is 4.79 Å². The summed E-state index contributed by atoms with van der Waals surface area (Å²) >= 11 is 0. The van der Waals surface area contributed by atoms with E-state index in [1.54, 1.807) is 19.1 Å². The number of nitrogens with one attached hydrogen (secondary N) is 1. The highest BCUT2D eigenvalue weighted by atomic mass is 19.1. The molecule has 7 heteroatoms. The minimum absolute atomic E-state index is 0.258. The van der Waals surface area contributed by atoms with E-state index in [1.807, 2.05) is 30.3 Å². The van der Waals surface area contributed by atoms with Crippen molar-refractivity contribution in [2.45, 2.75) is 45.1 Å². The Kier molecular flexibility index (Phi) is 6.60. The number of carbonyl (C=O) groups excluding carboxylic acids is 1. The van der Waals surface area contributed by atoms with Gasteiger partial charge in [0.05, 0.1) is 0 Å². The van der Waals surface area contributed by atoms with Crippen molar-refractivity contribution in [3.05, 3.63) is 76.9 Å². The molecule has 0 unspecified atom stereocenters. The quantitative estimate of drug-likeness (QED) is 0.628. The van der Waals surface area contributed by atoms with Crippen LogP contribution in [0, 0.1) is 12.7 Å². The number of amides is 1. The van der Waals surface area contributed by atoms with Crippen molar-refractivity contribution in [3.8, 4) is 0 Å². The third-order valence-corrected chi connectivity index (χ3v) is 5.63. The second kappa shape index (κ2) is 9.73. The maximum Gasteiger partial charge on any atom is 0.318 e. The van der Waals surface area contributed by atoms with Crippen LogP contribution >= 0.6 is 0 Å². The molecule has 0 aliphatic carbocycles. The Labute approximate surface area is 181 Å².